The number of hydrogen-bond acceptors (Lipinski definition) is 4. The van der Waals surface area contributed by atoms with E-state index in [1.54, 1.807) is 24.3 Å². The summed E-state index contributed by atoms with van der Waals surface area (Å²) >= 11 is 6.09. The summed E-state index contributed by atoms with van der Waals surface area (Å²) in [6.45, 7) is 0. The number of rotatable bonds is 4. The second-order valence-corrected chi connectivity index (χ2v) is 5.62. The monoisotopic (exact) mass is 357 g/mol. The van der Waals surface area contributed by atoms with Gasteiger partial charge in [-0.3, -0.25) is 5.32 Å². The van der Waals surface area contributed by atoms with Crippen molar-refractivity contribution in [2.75, 3.05) is 19.5 Å². The molecule has 0 unspecified atom stereocenters. The number of fused-ring (bicyclic) bond motifs is 1. The maximum Gasteiger partial charge on any atom is 0.417 e. The first-order valence-electron chi connectivity index (χ1n) is 7.50. The number of carbonyl (C=O) groups excluding carboxylic acids is 1. The zero-order chi connectivity index (χ0) is 17.8. The predicted octanol–water partition coefficient (Wildman–Crippen LogP) is 5.12. The molecular weight excluding hydrogens is 342 g/mol. The van der Waals surface area contributed by atoms with Gasteiger partial charge in [-0.2, -0.15) is 0 Å². The number of carbonyl (C=O) groups is 1. The fraction of sp³-hybridized carbons (Fsp3) is 0.105. The van der Waals surface area contributed by atoms with Crippen LogP contribution >= 0.6 is 11.6 Å². The zero-order valence-corrected chi connectivity index (χ0v) is 14.5. The summed E-state index contributed by atoms with van der Waals surface area (Å²) in [6, 6.07) is 16.4. The quantitative estimate of drug-likeness (QED) is 0.704. The molecule has 0 radical (unpaired) electrons. The van der Waals surface area contributed by atoms with Crippen molar-refractivity contribution in [1.29, 1.82) is 0 Å². The average molecular weight is 358 g/mol. The van der Waals surface area contributed by atoms with E-state index in [0.717, 1.165) is 10.8 Å². The molecule has 0 bridgehead atoms. The number of ether oxygens (including phenoxy) is 3. The van der Waals surface area contributed by atoms with Crippen LogP contribution in [0.25, 0.3) is 10.8 Å². The number of amides is 1. The highest BCUT2D eigenvalue weighted by Gasteiger charge is 2.14. The highest BCUT2D eigenvalue weighted by molar-refractivity contribution is 6.32. The van der Waals surface area contributed by atoms with E-state index >= 15 is 0 Å². The van der Waals surface area contributed by atoms with E-state index in [1.807, 2.05) is 30.3 Å². The molecule has 0 aromatic heterocycles. The standard InChI is InChI=1S/C19H16ClNO4/c1-23-17-11-18(24-2)16(10-15(17)20)21-19(22)25-14-8-7-12-5-3-4-6-13(12)9-14/h3-11H,1-2H3,(H,21,22). The van der Waals surface area contributed by atoms with Gasteiger partial charge in [0.05, 0.1) is 24.9 Å². The minimum atomic E-state index is -0.644. The third-order valence-corrected chi connectivity index (χ3v) is 3.94. The van der Waals surface area contributed by atoms with Crippen LogP contribution in [0.1, 0.15) is 0 Å². The van der Waals surface area contributed by atoms with E-state index in [4.69, 9.17) is 25.8 Å². The number of methoxy groups -OCH3 is 2. The van der Waals surface area contributed by atoms with Crippen LogP contribution < -0.4 is 19.5 Å². The fourth-order valence-electron chi connectivity index (χ4n) is 2.43. The smallest absolute Gasteiger partial charge is 0.417 e. The third kappa shape index (κ3) is 3.78. The van der Waals surface area contributed by atoms with Gasteiger partial charge in [0.2, 0.25) is 0 Å². The molecule has 0 atom stereocenters. The lowest BCUT2D eigenvalue weighted by atomic mass is 10.1. The molecule has 0 saturated heterocycles. The molecule has 6 heteroatoms. The molecular formula is C19H16ClNO4. The van der Waals surface area contributed by atoms with Gasteiger partial charge in [-0.25, -0.2) is 4.79 Å². The van der Waals surface area contributed by atoms with Crippen molar-refractivity contribution in [3.05, 3.63) is 59.6 Å². The highest BCUT2D eigenvalue weighted by Crippen LogP contribution is 2.36. The topological polar surface area (TPSA) is 56.8 Å². The Labute approximate surface area is 150 Å². The largest absolute Gasteiger partial charge is 0.495 e. The Morgan fingerprint density at radius 2 is 1.64 bits per heavy atom. The lowest BCUT2D eigenvalue weighted by Crippen LogP contribution is -2.17. The Kier molecular flexibility index (Phi) is 4.95. The molecule has 0 fully saturated rings. The summed E-state index contributed by atoms with van der Waals surface area (Å²) in [5, 5.41) is 5.03. The molecule has 0 aliphatic carbocycles. The van der Waals surface area contributed by atoms with Crippen LogP contribution in [0.2, 0.25) is 5.02 Å². The molecule has 0 spiro atoms. The Balaban J connectivity index is 1.78. The van der Waals surface area contributed by atoms with Crippen LogP contribution in [0.4, 0.5) is 10.5 Å². The van der Waals surface area contributed by atoms with E-state index in [1.165, 1.54) is 14.2 Å². The third-order valence-electron chi connectivity index (χ3n) is 3.64. The predicted molar refractivity (Wildman–Crippen MR) is 98.2 cm³/mol. The van der Waals surface area contributed by atoms with Crippen LogP contribution in [0.3, 0.4) is 0 Å². The first kappa shape index (κ1) is 16.9. The summed E-state index contributed by atoms with van der Waals surface area (Å²) in [7, 11) is 2.99. The molecule has 3 aromatic rings. The maximum atomic E-state index is 12.2. The summed E-state index contributed by atoms with van der Waals surface area (Å²) < 4.78 is 15.7. The summed E-state index contributed by atoms with van der Waals surface area (Å²) in [5.74, 6) is 1.30. The lowest BCUT2D eigenvalue weighted by molar-refractivity contribution is 0.215. The second kappa shape index (κ2) is 7.32. The number of benzene rings is 3. The molecule has 0 heterocycles. The maximum absolute atomic E-state index is 12.2. The molecule has 25 heavy (non-hydrogen) atoms. The van der Waals surface area contributed by atoms with Gasteiger partial charge in [-0.15, -0.1) is 0 Å². The fourth-order valence-corrected chi connectivity index (χ4v) is 2.67. The van der Waals surface area contributed by atoms with Gasteiger partial charge in [0, 0.05) is 6.07 Å². The number of anilines is 1. The van der Waals surface area contributed by atoms with Crippen molar-refractivity contribution in [3.8, 4) is 17.2 Å². The molecule has 0 aliphatic rings. The Morgan fingerprint density at radius 3 is 2.36 bits per heavy atom. The van der Waals surface area contributed by atoms with Crippen molar-refractivity contribution < 1.29 is 19.0 Å². The van der Waals surface area contributed by atoms with E-state index < -0.39 is 6.09 Å². The molecule has 1 N–H and O–H groups in total. The van der Waals surface area contributed by atoms with Crippen LogP contribution in [-0.2, 0) is 0 Å². The molecule has 1 amide bonds. The Morgan fingerprint density at radius 1 is 0.920 bits per heavy atom. The lowest BCUT2D eigenvalue weighted by Gasteiger charge is -2.13. The molecule has 3 aromatic carbocycles. The Hall–Kier alpha value is -2.92. The van der Waals surface area contributed by atoms with Crippen LogP contribution in [0, 0.1) is 0 Å². The van der Waals surface area contributed by atoms with Crippen molar-refractivity contribution in [2.45, 2.75) is 0 Å². The molecule has 5 nitrogen and oxygen atoms in total. The van der Waals surface area contributed by atoms with E-state index in [0.29, 0.717) is 28.0 Å². The normalized spacial score (nSPS) is 10.4. The minimum absolute atomic E-state index is 0.351. The SMILES string of the molecule is COc1cc(OC)c(NC(=O)Oc2ccc3ccccc3c2)cc1Cl. The van der Waals surface area contributed by atoms with Gasteiger partial charge in [-0.05, 0) is 29.0 Å². The van der Waals surface area contributed by atoms with E-state index in [-0.39, 0.29) is 0 Å². The van der Waals surface area contributed by atoms with Gasteiger partial charge < -0.3 is 14.2 Å². The Bertz CT molecular complexity index is 926. The summed E-state index contributed by atoms with van der Waals surface area (Å²) in [6.07, 6.45) is -0.644. The van der Waals surface area contributed by atoms with E-state index in [2.05, 4.69) is 5.32 Å². The van der Waals surface area contributed by atoms with Gasteiger partial charge in [-0.1, -0.05) is 41.9 Å². The minimum Gasteiger partial charge on any atom is -0.495 e. The second-order valence-electron chi connectivity index (χ2n) is 5.21. The van der Waals surface area contributed by atoms with Crippen molar-refractivity contribution in [2.24, 2.45) is 0 Å². The molecule has 0 saturated carbocycles. The van der Waals surface area contributed by atoms with Crippen molar-refractivity contribution in [1.82, 2.24) is 0 Å². The molecule has 3 rings (SSSR count). The summed E-state index contributed by atoms with van der Waals surface area (Å²) in [5.41, 5.74) is 0.388. The average Bonchev–Trinajstić information content (AvgIpc) is 2.62. The van der Waals surface area contributed by atoms with Gasteiger partial charge in [0.25, 0.3) is 0 Å². The molecule has 0 aliphatic heterocycles. The first-order chi connectivity index (χ1) is 12.1. The van der Waals surface area contributed by atoms with Crippen molar-refractivity contribution in [3.63, 3.8) is 0 Å². The van der Waals surface area contributed by atoms with Crippen LogP contribution in [0.5, 0.6) is 17.2 Å². The van der Waals surface area contributed by atoms with Crippen molar-refractivity contribution >= 4 is 34.2 Å². The summed E-state index contributed by atoms with van der Waals surface area (Å²) in [4.78, 5) is 12.2. The van der Waals surface area contributed by atoms with E-state index in [9.17, 15) is 4.79 Å². The molecule has 128 valence electrons. The van der Waals surface area contributed by atoms with Gasteiger partial charge in [0.15, 0.2) is 0 Å². The number of nitrogens with one attached hydrogen (secondary N) is 1. The number of hydrogen-bond donors (Lipinski definition) is 1. The zero-order valence-electron chi connectivity index (χ0n) is 13.7. The van der Waals surface area contributed by atoms with Gasteiger partial charge in [0.1, 0.15) is 17.2 Å². The van der Waals surface area contributed by atoms with Crippen LogP contribution in [0.15, 0.2) is 54.6 Å². The van der Waals surface area contributed by atoms with Gasteiger partial charge >= 0.3 is 6.09 Å². The van der Waals surface area contributed by atoms with Crippen LogP contribution in [-0.4, -0.2) is 20.3 Å². The number of halogens is 1. The first-order valence-corrected chi connectivity index (χ1v) is 7.87. The highest BCUT2D eigenvalue weighted by atomic mass is 35.5.